The van der Waals surface area contributed by atoms with Crippen molar-refractivity contribution in [3.05, 3.63) is 70.8 Å². The maximum absolute atomic E-state index is 12.6. The largest absolute Gasteiger partial charge is 0.339 e. The SMILES string of the molecule is CCc1ccc(C(=O)N2CCN(C(=O)CCc3ccc(C)cc3)CC2)cc1. The molecule has 1 fully saturated rings. The lowest BCUT2D eigenvalue weighted by Gasteiger charge is -2.35. The molecule has 0 saturated carbocycles. The van der Waals surface area contributed by atoms with Gasteiger partial charge in [-0.05, 0) is 43.0 Å². The number of carbonyl (C=O) groups is 2. The molecule has 3 rings (SSSR count). The van der Waals surface area contributed by atoms with Crippen LogP contribution in [0.4, 0.5) is 0 Å². The second-order valence-electron chi connectivity index (χ2n) is 7.21. The van der Waals surface area contributed by atoms with Crippen LogP contribution in [0.2, 0.25) is 0 Å². The molecule has 142 valence electrons. The highest BCUT2D eigenvalue weighted by atomic mass is 16.2. The van der Waals surface area contributed by atoms with Crippen molar-refractivity contribution in [3.8, 4) is 0 Å². The van der Waals surface area contributed by atoms with Crippen molar-refractivity contribution in [1.82, 2.24) is 9.80 Å². The summed E-state index contributed by atoms with van der Waals surface area (Å²) in [7, 11) is 0. The lowest BCUT2D eigenvalue weighted by atomic mass is 10.1. The van der Waals surface area contributed by atoms with Crippen molar-refractivity contribution in [1.29, 1.82) is 0 Å². The van der Waals surface area contributed by atoms with Crippen LogP contribution in [-0.4, -0.2) is 47.8 Å². The molecule has 1 heterocycles. The van der Waals surface area contributed by atoms with Gasteiger partial charge >= 0.3 is 0 Å². The predicted molar refractivity (Wildman–Crippen MR) is 108 cm³/mol. The van der Waals surface area contributed by atoms with Gasteiger partial charge in [0, 0.05) is 38.2 Å². The third kappa shape index (κ3) is 4.97. The fourth-order valence-electron chi connectivity index (χ4n) is 3.39. The Kier molecular flexibility index (Phi) is 6.28. The van der Waals surface area contributed by atoms with Crippen LogP contribution in [-0.2, 0) is 17.6 Å². The van der Waals surface area contributed by atoms with Crippen molar-refractivity contribution >= 4 is 11.8 Å². The van der Waals surface area contributed by atoms with Crippen LogP contribution in [0.25, 0.3) is 0 Å². The van der Waals surface area contributed by atoms with E-state index in [-0.39, 0.29) is 11.8 Å². The van der Waals surface area contributed by atoms with Gasteiger partial charge in [0.15, 0.2) is 0 Å². The van der Waals surface area contributed by atoms with E-state index in [1.165, 1.54) is 16.7 Å². The van der Waals surface area contributed by atoms with Crippen molar-refractivity contribution < 1.29 is 9.59 Å². The molecule has 0 bridgehead atoms. The molecule has 2 amide bonds. The normalized spacial score (nSPS) is 14.3. The van der Waals surface area contributed by atoms with Gasteiger partial charge in [-0.2, -0.15) is 0 Å². The molecule has 1 aliphatic rings. The summed E-state index contributed by atoms with van der Waals surface area (Å²) in [6.45, 7) is 6.60. The van der Waals surface area contributed by atoms with E-state index in [9.17, 15) is 9.59 Å². The van der Waals surface area contributed by atoms with Gasteiger partial charge in [-0.1, -0.05) is 48.9 Å². The summed E-state index contributed by atoms with van der Waals surface area (Å²) in [5.41, 5.74) is 4.38. The number of amides is 2. The second kappa shape index (κ2) is 8.85. The molecule has 0 aliphatic carbocycles. The second-order valence-corrected chi connectivity index (χ2v) is 7.21. The smallest absolute Gasteiger partial charge is 0.253 e. The van der Waals surface area contributed by atoms with Gasteiger partial charge in [0.05, 0.1) is 0 Å². The summed E-state index contributed by atoms with van der Waals surface area (Å²) in [6.07, 6.45) is 2.26. The summed E-state index contributed by atoms with van der Waals surface area (Å²) < 4.78 is 0. The fraction of sp³-hybridized carbons (Fsp3) is 0.391. The molecule has 4 heteroatoms. The molecule has 0 unspecified atom stereocenters. The highest BCUT2D eigenvalue weighted by Crippen LogP contribution is 2.13. The lowest BCUT2D eigenvalue weighted by Crippen LogP contribution is -2.50. The Morgan fingerprint density at radius 2 is 1.37 bits per heavy atom. The molecule has 0 radical (unpaired) electrons. The minimum Gasteiger partial charge on any atom is -0.339 e. The van der Waals surface area contributed by atoms with Gasteiger partial charge in [-0.15, -0.1) is 0 Å². The number of carbonyl (C=O) groups excluding carboxylic acids is 2. The first-order chi connectivity index (χ1) is 13.1. The summed E-state index contributed by atoms with van der Waals surface area (Å²) in [5, 5.41) is 0. The molecule has 1 aliphatic heterocycles. The van der Waals surface area contributed by atoms with Crippen LogP contribution in [0.15, 0.2) is 48.5 Å². The molecular formula is C23H28N2O2. The van der Waals surface area contributed by atoms with Crippen LogP contribution >= 0.6 is 0 Å². The monoisotopic (exact) mass is 364 g/mol. The molecular weight excluding hydrogens is 336 g/mol. The van der Waals surface area contributed by atoms with E-state index >= 15 is 0 Å². The van der Waals surface area contributed by atoms with E-state index < -0.39 is 0 Å². The van der Waals surface area contributed by atoms with Crippen molar-refractivity contribution in [2.45, 2.75) is 33.1 Å². The van der Waals surface area contributed by atoms with Gasteiger partial charge in [0.25, 0.3) is 5.91 Å². The van der Waals surface area contributed by atoms with E-state index in [0.29, 0.717) is 32.6 Å². The predicted octanol–water partition coefficient (Wildman–Crippen LogP) is 3.47. The van der Waals surface area contributed by atoms with Gasteiger partial charge in [-0.25, -0.2) is 0 Å². The number of aryl methyl sites for hydroxylation is 3. The van der Waals surface area contributed by atoms with Crippen LogP contribution < -0.4 is 0 Å². The number of benzene rings is 2. The minimum atomic E-state index is 0.0596. The quantitative estimate of drug-likeness (QED) is 0.815. The van der Waals surface area contributed by atoms with Crippen LogP contribution in [0.5, 0.6) is 0 Å². The Morgan fingerprint density at radius 3 is 1.96 bits per heavy atom. The molecule has 0 N–H and O–H groups in total. The summed E-state index contributed by atoms with van der Waals surface area (Å²) in [4.78, 5) is 28.9. The minimum absolute atomic E-state index is 0.0596. The van der Waals surface area contributed by atoms with E-state index in [4.69, 9.17) is 0 Å². The van der Waals surface area contributed by atoms with Gasteiger partial charge in [0.2, 0.25) is 5.91 Å². The maximum atomic E-state index is 12.6. The molecule has 4 nitrogen and oxygen atoms in total. The number of rotatable bonds is 5. The number of hydrogen-bond donors (Lipinski definition) is 0. The third-order valence-corrected chi connectivity index (χ3v) is 5.28. The van der Waals surface area contributed by atoms with Crippen molar-refractivity contribution in [2.24, 2.45) is 0 Å². The lowest BCUT2D eigenvalue weighted by molar-refractivity contribution is -0.132. The Balaban J connectivity index is 1.48. The van der Waals surface area contributed by atoms with Crippen molar-refractivity contribution in [2.75, 3.05) is 26.2 Å². The maximum Gasteiger partial charge on any atom is 0.253 e. The van der Waals surface area contributed by atoms with Crippen LogP contribution in [0.3, 0.4) is 0 Å². The summed E-state index contributed by atoms with van der Waals surface area (Å²) in [6, 6.07) is 16.2. The van der Waals surface area contributed by atoms with E-state index in [1.54, 1.807) is 0 Å². The highest BCUT2D eigenvalue weighted by molar-refractivity contribution is 5.94. The van der Waals surface area contributed by atoms with Crippen molar-refractivity contribution in [3.63, 3.8) is 0 Å². The third-order valence-electron chi connectivity index (χ3n) is 5.28. The molecule has 1 saturated heterocycles. The summed E-state index contributed by atoms with van der Waals surface area (Å²) in [5.74, 6) is 0.236. The van der Waals surface area contributed by atoms with Gasteiger partial charge in [-0.3, -0.25) is 9.59 Å². The Morgan fingerprint density at radius 1 is 0.815 bits per heavy atom. The Hall–Kier alpha value is -2.62. The molecule has 0 spiro atoms. The Labute approximate surface area is 161 Å². The van der Waals surface area contributed by atoms with Crippen LogP contribution in [0.1, 0.15) is 40.4 Å². The van der Waals surface area contributed by atoms with Gasteiger partial charge < -0.3 is 9.80 Å². The zero-order valence-corrected chi connectivity index (χ0v) is 16.3. The highest BCUT2D eigenvalue weighted by Gasteiger charge is 2.24. The summed E-state index contributed by atoms with van der Waals surface area (Å²) >= 11 is 0. The zero-order valence-electron chi connectivity index (χ0n) is 16.3. The topological polar surface area (TPSA) is 40.6 Å². The number of hydrogen-bond acceptors (Lipinski definition) is 2. The number of nitrogens with zero attached hydrogens (tertiary/aromatic N) is 2. The molecule has 2 aromatic carbocycles. The average Bonchev–Trinajstić information content (AvgIpc) is 2.73. The van der Waals surface area contributed by atoms with Gasteiger partial charge in [0.1, 0.15) is 0 Å². The van der Waals surface area contributed by atoms with Crippen LogP contribution in [0, 0.1) is 6.92 Å². The van der Waals surface area contributed by atoms with E-state index in [2.05, 4.69) is 38.1 Å². The number of piperazine rings is 1. The zero-order chi connectivity index (χ0) is 19.2. The standard InChI is InChI=1S/C23H28N2O2/c1-3-19-8-11-21(12-9-19)23(27)25-16-14-24(15-17-25)22(26)13-10-20-6-4-18(2)5-7-20/h4-9,11-12H,3,10,13-17H2,1-2H3. The molecule has 27 heavy (non-hydrogen) atoms. The molecule has 0 aromatic heterocycles. The first kappa shape index (κ1) is 19.2. The fourth-order valence-corrected chi connectivity index (χ4v) is 3.39. The molecule has 2 aromatic rings. The van der Waals surface area contributed by atoms with E-state index in [1.807, 2.05) is 34.1 Å². The Bertz CT molecular complexity index is 773. The first-order valence-electron chi connectivity index (χ1n) is 9.78. The van der Waals surface area contributed by atoms with E-state index in [0.717, 1.165) is 18.4 Å². The first-order valence-corrected chi connectivity index (χ1v) is 9.78. The average molecular weight is 364 g/mol. The molecule has 0 atom stereocenters.